The van der Waals surface area contributed by atoms with E-state index < -0.39 is 22.5 Å². The van der Waals surface area contributed by atoms with Gasteiger partial charge in [-0.25, -0.2) is 13.8 Å². The third kappa shape index (κ3) is 6.91. The number of nitrogens with one attached hydrogen (secondary N) is 2. The molecule has 0 aliphatic rings. The highest BCUT2D eigenvalue weighted by Gasteiger charge is 2.27. The molecule has 0 aliphatic carbocycles. The van der Waals surface area contributed by atoms with Crippen LogP contribution in [0.5, 0.6) is 0 Å². The van der Waals surface area contributed by atoms with E-state index in [0.29, 0.717) is 22.0 Å². The number of hydrogen-bond donors (Lipinski definition) is 2. The molecule has 0 atom stereocenters. The number of anilines is 2. The van der Waals surface area contributed by atoms with E-state index in [1.165, 1.54) is 31.2 Å². The van der Waals surface area contributed by atoms with Crippen LogP contribution in [0.1, 0.15) is 25.0 Å². The smallest absolute Gasteiger partial charge is 0.264 e. The van der Waals surface area contributed by atoms with Crippen molar-refractivity contribution in [2.24, 2.45) is 5.10 Å². The molecular formula is C25H25ClN4O4S. The average Bonchev–Trinajstić information content (AvgIpc) is 2.81. The lowest BCUT2D eigenvalue weighted by Gasteiger charge is -2.24. The second-order valence-electron chi connectivity index (χ2n) is 7.80. The van der Waals surface area contributed by atoms with Crippen LogP contribution in [0.25, 0.3) is 0 Å². The molecule has 0 saturated carbocycles. The number of hydrogen-bond acceptors (Lipinski definition) is 5. The van der Waals surface area contributed by atoms with Crippen molar-refractivity contribution >= 4 is 50.5 Å². The van der Waals surface area contributed by atoms with Crippen LogP contribution in [0.15, 0.2) is 82.8 Å². The summed E-state index contributed by atoms with van der Waals surface area (Å²) < 4.78 is 27.8. The number of aryl methyl sites for hydroxylation is 1. The van der Waals surface area contributed by atoms with Gasteiger partial charge in [-0.05, 0) is 67.9 Å². The number of rotatable bonds is 8. The Morgan fingerprint density at radius 2 is 1.63 bits per heavy atom. The third-order valence-corrected chi connectivity index (χ3v) is 7.00. The van der Waals surface area contributed by atoms with Crippen LogP contribution in [0.4, 0.5) is 11.4 Å². The maximum atomic E-state index is 13.4. The van der Waals surface area contributed by atoms with Gasteiger partial charge in [0.15, 0.2) is 0 Å². The minimum absolute atomic E-state index is 0.0559. The monoisotopic (exact) mass is 512 g/mol. The van der Waals surface area contributed by atoms with Crippen LogP contribution in [0.3, 0.4) is 0 Å². The Hall–Kier alpha value is -3.69. The highest BCUT2D eigenvalue weighted by atomic mass is 35.5. The average molecular weight is 513 g/mol. The van der Waals surface area contributed by atoms with Crippen LogP contribution < -0.4 is 15.0 Å². The lowest BCUT2D eigenvalue weighted by atomic mass is 10.1. The topological polar surface area (TPSA) is 108 Å². The minimum Gasteiger partial charge on any atom is -0.326 e. The third-order valence-electron chi connectivity index (χ3n) is 4.96. The number of halogens is 1. The van der Waals surface area contributed by atoms with Gasteiger partial charge in [0.1, 0.15) is 6.54 Å². The van der Waals surface area contributed by atoms with Crippen molar-refractivity contribution in [3.05, 3.63) is 88.9 Å². The van der Waals surface area contributed by atoms with Gasteiger partial charge < -0.3 is 5.32 Å². The number of amides is 2. The first-order valence-corrected chi connectivity index (χ1v) is 12.4. The molecule has 0 radical (unpaired) electrons. The summed E-state index contributed by atoms with van der Waals surface area (Å²) in [6, 6.07) is 19.5. The molecule has 0 saturated heterocycles. The van der Waals surface area contributed by atoms with Crippen LogP contribution >= 0.6 is 11.6 Å². The first-order valence-electron chi connectivity index (χ1n) is 10.6. The quantitative estimate of drug-likeness (QED) is 0.345. The Labute approximate surface area is 209 Å². The minimum atomic E-state index is -4.05. The molecule has 3 aromatic rings. The zero-order valence-electron chi connectivity index (χ0n) is 19.4. The molecule has 35 heavy (non-hydrogen) atoms. The molecule has 0 heterocycles. The van der Waals surface area contributed by atoms with E-state index in [4.69, 9.17) is 11.6 Å². The second-order valence-corrected chi connectivity index (χ2v) is 10.1. The maximum Gasteiger partial charge on any atom is 0.264 e. The van der Waals surface area contributed by atoms with Gasteiger partial charge in [-0.2, -0.15) is 5.10 Å². The molecule has 0 spiro atoms. The van der Waals surface area contributed by atoms with Crippen LogP contribution in [0.2, 0.25) is 5.02 Å². The van der Waals surface area contributed by atoms with E-state index in [0.717, 1.165) is 9.87 Å². The Balaban J connectivity index is 1.83. The van der Waals surface area contributed by atoms with Gasteiger partial charge in [-0.1, -0.05) is 41.4 Å². The number of benzene rings is 3. The summed E-state index contributed by atoms with van der Waals surface area (Å²) in [5.41, 5.74) is 5.36. The number of sulfonamides is 1. The molecule has 0 fully saturated rings. The zero-order chi connectivity index (χ0) is 25.6. The summed E-state index contributed by atoms with van der Waals surface area (Å²) in [5.74, 6) is -0.838. The summed E-state index contributed by atoms with van der Waals surface area (Å²) in [6.07, 6.45) is 0. The predicted molar refractivity (Wildman–Crippen MR) is 138 cm³/mol. The number of nitrogens with zero attached hydrogens (tertiary/aromatic N) is 2. The molecule has 0 bridgehead atoms. The summed E-state index contributed by atoms with van der Waals surface area (Å²) in [5, 5.41) is 7.23. The first-order chi connectivity index (χ1) is 16.6. The van der Waals surface area contributed by atoms with E-state index in [1.54, 1.807) is 55.5 Å². The van der Waals surface area contributed by atoms with Crippen molar-refractivity contribution in [3.63, 3.8) is 0 Å². The lowest BCUT2D eigenvalue weighted by Crippen LogP contribution is -2.39. The fraction of sp³-hybridized carbons (Fsp3) is 0.160. The van der Waals surface area contributed by atoms with Gasteiger partial charge in [0, 0.05) is 17.6 Å². The molecule has 2 N–H and O–H groups in total. The molecule has 10 heteroatoms. The molecule has 0 aromatic heterocycles. The van der Waals surface area contributed by atoms with Crippen LogP contribution in [-0.4, -0.2) is 32.5 Å². The van der Waals surface area contributed by atoms with E-state index in [2.05, 4.69) is 15.8 Å². The summed E-state index contributed by atoms with van der Waals surface area (Å²) >= 11 is 5.96. The van der Waals surface area contributed by atoms with Gasteiger partial charge in [0.2, 0.25) is 5.91 Å². The fourth-order valence-corrected chi connectivity index (χ4v) is 4.71. The van der Waals surface area contributed by atoms with E-state index in [9.17, 15) is 18.0 Å². The number of hydrazone groups is 1. The summed E-state index contributed by atoms with van der Waals surface area (Å²) in [4.78, 5) is 24.1. The second kappa shape index (κ2) is 11.2. The van der Waals surface area contributed by atoms with Gasteiger partial charge in [0.25, 0.3) is 15.9 Å². The highest BCUT2D eigenvalue weighted by molar-refractivity contribution is 7.92. The van der Waals surface area contributed by atoms with Crippen molar-refractivity contribution in [1.29, 1.82) is 0 Å². The molecule has 0 unspecified atom stereocenters. The van der Waals surface area contributed by atoms with Crippen molar-refractivity contribution in [2.45, 2.75) is 25.7 Å². The van der Waals surface area contributed by atoms with Gasteiger partial charge in [-0.15, -0.1) is 0 Å². The van der Waals surface area contributed by atoms with E-state index in [1.807, 2.05) is 6.92 Å². The molecule has 2 amide bonds. The molecule has 0 aliphatic heterocycles. The van der Waals surface area contributed by atoms with Crippen molar-refractivity contribution in [3.8, 4) is 0 Å². The van der Waals surface area contributed by atoms with Crippen molar-refractivity contribution in [1.82, 2.24) is 5.43 Å². The molecule has 8 nitrogen and oxygen atoms in total. The zero-order valence-corrected chi connectivity index (χ0v) is 21.0. The molecule has 3 aromatic carbocycles. The Morgan fingerprint density at radius 1 is 0.971 bits per heavy atom. The van der Waals surface area contributed by atoms with Crippen LogP contribution in [-0.2, 0) is 19.6 Å². The van der Waals surface area contributed by atoms with Gasteiger partial charge in [-0.3, -0.25) is 13.9 Å². The van der Waals surface area contributed by atoms with Crippen molar-refractivity contribution in [2.75, 3.05) is 16.2 Å². The highest BCUT2D eigenvalue weighted by Crippen LogP contribution is 2.25. The predicted octanol–water partition coefficient (Wildman–Crippen LogP) is 4.34. The molecule has 3 rings (SSSR count). The normalized spacial score (nSPS) is 11.6. The van der Waals surface area contributed by atoms with E-state index >= 15 is 0 Å². The summed E-state index contributed by atoms with van der Waals surface area (Å²) in [6.45, 7) is 4.45. The largest absolute Gasteiger partial charge is 0.326 e. The number of carbonyl (C=O) groups excluding carboxylic acids is 2. The van der Waals surface area contributed by atoms with Crippen molar-refractivity contribution < 1.29 is 18.0 Å². The molecule has 182 valence electrons. The SMILES string of the molecule is CC(=O)Nc1cccc(/C(C)=N\NC(=O)CN(c2ccc(Cl)cc2)S(=O)(=O)c2ccc(C)cc2)c1. The standard InChI is InChI=1S/C25H25ClN4O4S/c1-17-7-13-24(14-8-17)35(33,34)30(23-11-9-21(26)10-12-23)16-25(32)29-28-18(2)20-5-4-6-22(15-20)27-19(3)31/h4-15H,16H2,1-3H3,(H,27,31)(H,29,32)/b28-18-. The Kier molecular flexibility index (Phi) is 8.26. The Bertz CT molecular complexity index is 1350. The van der Waals surface area contributed by atoms with Crippen LogP contribution in [0, 0.1) is 6.92 Å². The molecular weight excluding hydrogens is 488 g/mol. The summed E-state index contributed by atoms with van der Waals surface area (Å²) in [7, 11) is -4.05. The van der Waals surface area contributed by atoms with Gasteiger partial charge >= 0.3 is 0 Å². The maximum absolute atomic E-state index is 13.4. The Morgan fingerprint density at radius 3 is 2.26 bits per heavy atom. The van der Waals surface area contributed by atoms with Gasteiger partial charge in [0.05, 0.1) is 16.3 Å². The first kappa shape index (κ1) is 25.9. The van der Waals surface area contributed by atoms with E-state index in [-0.39, 0.29) is 16.5 Å². The fourth-order valence-electron chi connectivity index (χ4n) is 3.16. The number of carbonyl (C=O) groups is 2. The lowest BCUT2D eigenvalue weighted by molar-refractivity contribution is -0.119.